The first-order valence-corrected chi connectivity index (χ1v) is 7.87. The van der Waals surface area contributed by atoms with E-state index in [4.69, 9.17) is 17.3 Å². The Balaban J connectivity index is 2.14. The van der Waals surface area contributed by atoms with Crippen molar-refractivity contribution in [1.82, 2.24) is 0 Å². The van der Waals surface area contributed by atoms with Crippen LogP contribution in [0.3, 0.4) is 0 Å². The largest absolute Gasteiger partial charge is 0.327 e. The molecular formula is C17H25ClFN. The van der Waals surface area contributed by atoms with Crippen molar-refractivity contribution in [3.63, 3.8) is 0 Å². The maximum Gasteiger partial charge on any atom is 0.124 e. The Kier molecular flexibility index (Phi) is 4.76. The van der Waals surface area contributed by atoms with Crippen LogP contribution in [-0.2, 0) is 6.42 Å². The molecule has 20 heavy (non-hydrogen) atoms. The van der Waals surface area contributed by atoms with Crippen molar-refractivity contribution < 1.29 is 4.39 Å². The van der Waals surface area contributed by atoms with Crippen LogP contribution in [0.5, 0.6) is 0 Å². The molecule has 1 fully saturated rings. The molecule has 1 aliphatic rings. The normalized spacial score (nSPS) is 27.6. The molecular weight excluding hydrogens is 273 g/mol. The van der Waals surface area contributed by atoms with Crippen molar-refractivity contribution >= 4 is 11.6 Å². The van der Waals surface area contributed by atoms with Crippen LogP contribution in [0.4, 0.5) is 4.39 Å². The van der Waals surface area contributed by atoms with E-state index in [1.807, 2.05) is 0 Å². The van der Waals surface area contributed by atoms with E-state index >= 15 is 0 Å². The Morgan fingerprint density at radius 2 is 2.05 bits per heavy atom. The minimum Gasteiger partial charge on any atom is -0.327 e. The summed E-state index contributed by atoms with van der Waals surface area (Å²) in [6.07, 6.45) is 4.37. The average molecular weight is 298 g/mol. The Morgan fingerprint density at radius 1 is 1.35 bits per heavy atom. The summed E-state index contributed by atoms with van der Waals surface area (Å²) >= 11 is 6.16. The third-order valence-electron chi connectivity index (χ3n) is 4.83. The maximum atomic E-state index is 13.1. The lowest BCUT2D eigenvalue weighted by Crippen LogP contribution is -2.44. The molecule has 1 aromatic carbocycles. The second kappa shape index (κ2) is 6.03. The summed E-state index contributed by atoms with van der Waals surface area (Å²) in [5, 5.41) is 0.524. The van der Waals surface area contributed by atoms with Crippen LogP contribution in [-0.4, -0.2) is 6.04 Å². The number of halogens is 2. The van der Waals surface area contributed by atoms with Crippen LogP contribution in [0.15, 0.2) is 18.2 Å². The first-order chi connectivity index (χ1) is 9.29. The second-order valence-electron chi connectivity index (χ2n) is 7.09. The summed E-state index contributed by atoms with van der Waals surface area (Å²) < 4.78 is 13.1. The number of hydrogen-bond acceptors (Lipinski definition) is 1. The van der Waals surface area contributed by atoms with Gasteiger partial charge in [0.05, 0.1) is 0 Å². The lowest BCUT2D eigenvalue weighted by molar-refractivity contribution is 0.113. The van der Waals surface area contributed by atoms with Gasteiger partial charge in [-0.15, -0.1) is 0 Å². The monoisotopic (exact) mass is 297 g/mol. The summed E-state index contributed by atoms with van der Waals surface area (Å²) in [6.45, 7) is 6.79. The highest BCUT2D eigenvalue weighted by Crippen LogP contribution is 2.42. The van der Waals surface area contributed by atoms with E-state index in [0.29, 0.717) is 10.9 Å². The van der Waals surface area contributed by atoms with Crippen molar-refractivity contribution in [3.8, 4) is 0 Å². The molecule has 2 N–H and O–H groups in total. The van der Waals surface area contributed by atoms with Gasteiger partial charge in [-0.25, -0.2) is 4.39 Å². The predicted molar refractivity (Wildman–Crippen MR) is 83.4 cm³/mol. The van der Waals surface area contributed by atoms with E-state index in [0.717, 1.165) is 24.3 Å². The lowest BCUT2D eigenvalue weighted by Gasteiger charge is -2.43. The van der Waals surface area contributed by atoms with Crippen molar-refractivity contribution in [2.75, 3.05) is 0 Å². The smallest absolute Gasteiger partial charge is 0.124 e. The highest BCUT2D eigenvalue weighted by atomic mass is 35.5. The van der Waals surface area contributed by atoms with Crippen molar-refractivity contribution in [1.29, 1.82) is 0 Å². The quantitative estimate of drug-likeness (QED) is 0.851. The highest BCUT2D eigenvalue weighted by Gasteiger charge is 2.37. The van der Waals surface area contributed by atoms with Gasteiger partial charge in [0.15, 0.2) is 0 Å². The number of hydrogen-bond donors (Lipinski definition) is 1. The van der Waals surface area contributed by atoms with Crippen LogP contribution >= 0.6 is 11.6 Å². The minimum atomic E-state index is -0.278. The molecule has 1 aliphatic carbocycles. The number of rotatable bonds is 3. The van der Waals surface area contributed by atoms with Crippen LogP contribution in [0.25, 0.3) is 0 Å². The van der Waals surface area contributed by atoms with E-state index in [2.05, 4.69) is 20.8 Å². The first kappa shape index (κ1) is 15.8. The van der Waals surface area contributed by atoms with Gasteiger partial charge in [-0.1, -0.05) is 44.9 Å². The molecule has 1 nitrogen and oxygen atoms in total. The molecule has 3 heteroatoms. The first-order valence-electron chi connectivity index (χ1n) is 7.49. The summed E-state index contributed by atoms with van der Waals surface area (Å²) in [6, 6.07) is 4.94. The molecule has 0 amide bonds. The van der Waals surface area contributed by atoms with Gasteiger partial charge in [-0.3, -0.25) is 0 Å². The number of nitrogens with two attached hydrogens (primary N) is 1. The zero-order chi connectivity index (χ0) is 14.9. The molecule has 0 aromatic heterocycles. The Labute approximate surface area is 126 Å². The van der Waals surface area contributed by atoms with Gasteiger partial charge in [0.25, 0.3) is 0 Å². The van der Waals surface area contributed by atoms with E-state index in [9.17, 15) is 4.39 Å². The SMILES string of the molecule is CC1CCC(C(C)(C)Cc2ccc(F)cc2Cl)C(N)C1. The molecule has 0 heterocycles. The Morgan fingerprint density at radius 3 is 2.65 bits per heavy atom. The van der Waals surface area contributed by atoms with E-state index < -0.39 is 0 Å². The van der Waals surface area contributed by atoms with Crippen molar-refractivity contribution in [2.45, 2.75) is 52.5 Å². The van der Waals surface area contributed by atoms with Gasteiger partial charge < -0.3 is 5.73 Å². The summed E-state index contributed by atoms with van der Waals surface area (Å²) in [7, 11) is 0. The molecule has 3 atom stereocenters. The highest BCUT2D eigenvalue weighted by molar-refractivity contribution is 6.31. The molecule has 0 radical (unpaired) electrons. The predicted octanol–water partition coefficient (Wildman–Crippen LogP) is 4.81. The van der Waals surface area contributed by atoms with E-state index in [1.54, 1.807) is 6.07 Å². The third-order valence-corrected chi connectivity index (χ3v) is 5.18. The van der Waals surface area contributed by atoms with Crippen molar-refractivity contribution in [2.24, 2.45) is 23.0 Å². The third kappa shape index (κ3) is 3.53. The lowest BCUT2D eigenvalue weighted by atomic mass is 9.64. The zero-order valence-electron chi connectivity index (χ0n) is 12.6. The van der Waals surface area contributed by atoms with Gasteiger partial charge in [0.2, 0.25) is 0 Å². The minimum absolute atomic E-state index is 0.0844. The topological polar surface area (TPSA) is 26.0 Å². The molecule has 0 aliphatic heterocycles. The Hall–Kier alpha value is -0.600. The molecule has 0 saturated heterocycles. The average Bonchev–Trinajstić information content (AvgIpc) is 2.32. The fourth-order valence-corrected chi connectivity index (χ4v) is 3.92. The summed E-state index contributed by atoms with van der Waals surface area (Å²) in [5.74, 6) is 0.950. The van der Waals surface area contributed by atoms with Gasteiger partial charge in [0.1, 0.15) is 5.82 Å². The zero-order valence-corrected chi connectivity index (χ0v) is 13.4. The fourth-order valence-electron chi connectivity index (χ4n) is 3.68. The summed E-state index contributed by atoms with van der Waals surface area (Å²) in [4.78, 5) is 0. The molecule has 0 bridgehead atoms. The van der Waals surface area contributed by atoms with Gasteiger partial charge in [0, 0.05) is 11.1 Å². The molecule has 1 saturated carbocycles. The molecule has 1 aromatic rings. The standard InChI is InChI=1S/C17H25ClFN/c1-11-4-7-14(16(20)8-11)17(2,3)10-12-5-6-13(19)9-15(12)18/h5-6,9,11,14,16H,4,7-8,10,20H2,1-3H3. The molecule has 0 spiro atoms. The van der Waals surface area contributed by atoms with Crippen LogP contribution in [0, 0.1) is 23.1 Å². The molecule has 2 rings (SSSR count). The van der Waals surface area contributed by atoms with Gasteiger partial charge in [-0.05, 0) is 54.2 Å². The molecule has 112 valence electrons. The summed E-state index contributed by atoms with van der Waals surface area (Å²) in [5.41, 5.74) is 7.48. The van der Waals surface area contributed by atoms with Gasteiger partial charge >= 0.3 is 0 Å². The van der Waals surface area contributed by atoms with E-state index in [-0.39, 0.29) is 17.3 Å². The second-order valence-corrected chi connectivity index (χ2v) is 7.50. The van der Waals surface area contributed by atoms with E-state index in [1.165, 1.54) is 25.0 Å². The van der Waals surface area contributed by atoms with Gasteiger partial charge in [-0.2, -0.15) is 0 Å². The van der Waals surface area contributed by atoms with Crippen LogP contribution in [0.1, 0.15) is 45.6 Å². The van der Waals surface area contributed by atoms with Crippen molar-refractivity contribution in [3.05, 3.63) is 34.6 Å². The fraction of sp³-hybridized carbons (Fsp3) is 0.647. The van der Waals surface area contributed by atoms with Crippen LogP contribution in [0.2, 0.25) is 5.02 Å². The Bertz CT molecular complexity index is 472. The molecule has 3 unspecified atom stereocenters. The van der Waals surface area contributed by atoms with Crippen LogP contribution < -0.4 is 5.73 Å². The number of benzene rings is 1. The maximum absolute atomic E-state index is 13.1.